The molecule has 3 heterocycles. The van der Waals surface area contributed by atoms with E-state index in [0.29, 0.717) is 29.1 Å². The normalized spacial score (nSPS) is 14.7. The molecule has 1 unspecified atom stereocenters. The Morgan fingerprint density at radius 2 is 1.94 bits per heavy atom. The zero-order valence-electron chi connectivity index (χ0n) is 19.3. The first-order chi connectivity index (χ1) is 16.8. The van der Waals surface area contributed by atoms with Crippen LogP contribution in [0.5, 0.6) is 0 Å². The van der Waals surface area contributed by atoms with Crippen molar-refractivity contribution in [2.45, 2.75) is 45.1 Å². The zero-order chi connectivity index (χ0) is 24.7. The molecule has 3 aromatic heterocycles. The topological polar surface area (TPSA) is 88.5 Å². The molecule has 4 aromatic rings. The fourth-order valence-corrected chi connectivity index (χ4v) is 7.19. The summed E-state index contributed by atoms with van der Waals surface area (Å²) in [6.07, 6.45) is 0.464. The molecule has 35 heavy (non-hydrogen) atoms. The molecule has 1 fully saturated rings. The molecule has 2 N–H and O–H groups in total. The molecule has 1 aliphatic rings. The Morgan fingerprint density at radius 1 is 1.17 bits per heavy atom. The smallest absolute Gasteiger partial charge is 0.412 e. The number of hydrogen-bond acceptors (Lipinski definition) is 7. The standard InChI is InChI=1S/C26H22N2O4S3/c1-14-6-4-5-7-19(14)16(3)32-25(31)27-22-15(2)28-35-20(22)9-8-18-12-17-13-21(34-23(17)33-18)26(10-11-26)24(29)30/h4-7,12-13,16H,10-11H2,1-3H3,(H,27,31)(H,29,30). The van der Waals surface area contributed by atoms with Gasteiger partial charge in [-0.05, 0) is 80.2 Å². The predicted molar refractivity (Wildman–Crippen MR) is 141 cm³/mol. The lowest BCUT2D eigenvalue weighted by Gasteiger charge is -2.16. The highest BCUT2D eigenvalue weighted by molar-refractivity contribution is 7.38. The van der Waals surface area contributed by atoms with E-state index in [1.165, 1.54) is 11.5 Å². The Labute approximate surface area is 214 Å². The number of rotatable bonds is 5. The van der Waals surface area contributed by atoms with Gasteiger partial charge in [-0.1, -0.05) is 24.3 Å². The fourth-order valence-electron chi connectivity index (χ4n) is 3.95. The quantitative estimate of drug-likeness (QED) is 0.280. The van der Waals surface area contributed by atoms with Crippen LogP contribution in [0.1, 0.15) is 57.3 Å². The van der Waals surface area contributed by atoms with Gasteiger partial charge in [0, 0.05) is 10.3 Å². The molecule has 0 aliphatic heterocycles. The minimum atomic E-state index is -0.737. The Kier molecular flexibility index (Phi) is 6.13. The molecule has 1 aliphatic carbocycles. The Bertz CT molecular complexity index is 1480. The van der Waals surface area contributed by atoms with Crippen molar-refractivity contribution in [2.75, 3.05) is 5.32 Å². The molecule has 6 nitrogen and oxygen atoms in total. The summed E-state index contributed by atoms with van der Waals surface area (Å²) in [5.41, 5.74) is 2.58. The van der Waals surface area contributed by atoms with Gasteiger partial charge in [0.15, 0.2) is 0 Å². The van der Waals surface area contributed by atoms with Gasteiger partial charge in [0.1, 0.15) is 16.4 Å². The number of anilines is 1. The van der Waals surface area contributed by atoms with Crippen LogP contribution in [-0.2, 0) is 14.9 Å². The number of carboxylic acids is 1. The average Bonchev–Trinajstić information content (AvgIpc) is 3.25. The molecule has 0 radical (unpaired) electrons. The molecule has 1 amide bonds. The third kappa shape index (κ3) is 4.57. The molecule has 1 saturated carbocycles. The summed E-state index contributed by atoms with van der Waals surface area (Å²) in [4.78, 5) is 26.7. The molecule has 178 valence electrons. The molecule has 0 saturated heterocycles. The molecule has 0 bridgehead atoms. The van der Waals surface area contributed by atoms with Crippen LogP contribution in [0.2, 0.25) is 0 Å². The number of hydrogen-bond donors (Lipinski definition) is 2. The van der Waals surface area contributed by atoms with Gasteiger partial charge >= 0.3 is 12.1 Å². The van der Waals surface area contributed by atoms with Gasteiger partial charge in [-0.15, -0.1) is 22.7 Å². The van der Waals surface area contributed by atoms with Crippen LogP contribution in [0.3, 0.4) is 0 Å². The van der Waals surface area contributed by atoms with Gasteiger partial charge in [-0.3, -0.25) is 10.1 Å². The number of carbonyl (C=O) groups excluding carboxylic acids is 1. The maximum Gasteiger partial charge on any atom is 0.412 e. The fraction of sp³-hybridized carbons (Fsp3) is 0.269. The van der Waals surface area contributed by atoms with Gasteiger partial charge in [-0.25, -0.2) is 4.79 Å². The number of benzene rings is 1. The van der Waals surface area contributed by atoms with E-state index in [4.69, 9.17) is 4.74 Å². The van der Waals surface area contributed by atoms with Crippen LogP contribution >= 0.6 is 34.2 Å². The first-order valence-electron chi connectivity index (χ1n) is 11.1. The van der Waals surface area contributed by atoms with E-state index in [2.05, 4.69) is 21.5 Å². The lowest BCUT2D eigenvalue weighted by Crippen LogP contribution is -2.17. The maximum atomic E-state index is 12.6. The molecule has 1 atom stereocenters. The van der Waals surface area contributed by atoms with E-state index in [0.717, 1.165) is 30.3 Å². The first-order valence-corrected chi connectivity index (χ1v) is 13.5. The van der Waals surface area contributed by atoms with Crippen molar-refractivity contribution >= 4 is 61.4 Å². The van der Waals surface area contributed by atoms with Crippen LogP contribution < -0.4 is 5.32 Å². The molecule has 5 rings (SSSR count). The number of aliphatic carboxylic acids is 1. The largest absolute Gasteiger partial charge is 0.481 e. The van der Waals surface area contributed by atoms with Crippen molar-refractivity contribution in [1.29, 1.82) is 0 Å². The van der Waals surface area contributed by atoms with Gasteiger partial charge in [0.05, 0.1) is 20.3 Å². The molecule has 1 aromatic carbocycles. The van der Waals surface area contributed by atoms with E-state index in [1.54, 1.807) is 22.7 Å². The number of carbonyl (C=O) groups is 2. The summed E-state index contributed by atoms with van der Waals surface area (Å²) in [7, 11) is 0. The minimum absolute atomic E-state index is 0.391. The second kappa shape index (κ2) is 9.11. The number of amides is 1. The predicted octanol–water partition coefficient (Wildman–Crippen LogP) is 6.86. The Hall–Kier alpha value is -3.19. The summed E-state index contributed by atoms with van der Waals surface area (Å²) < 4.78 is 11.0. The number of thiophene rings is 2. The van der Waals surface area contributed by atoms with E-state index in [1.807, 2.05) is 57.2 Å². The molecule has 0 spiro atoms. The van der Waals surface area contributed by atoms with Crippen LogP contribution in [0.15, 0.2) is 36.4 Å². The number of nitrogens with zero attached hydrogens (tertiary/aromatic N) is 1. The lowest BCUT2D eigenvalue weighted by molar-refractivity contribution is -0.139. The van der Waals surface area contributed by atoms with Gasteiger partial charge in [0.2, 0.25) is 0 Å². The Balaban J connectivity index is 1.30. The van der Waals surface area contributed by atoms with E-state index in [9.17, 15) is 14.7 Å². The van der Waals surface area contributed by atoms with Crippen LogP contribution in [0.4, 0.5) is 10.5 Å². The van der Waals surface area contributed by atoms with Crippen LogP contribution in [0, 0.1) is 25.7 Å². The average molecular weight is 523 g/mol. The van der Waals surface area contributed by atoms with Crippen molar-refractivity contribution in [3.63, 3.8) is 0 Å². The van der Waals surface area contributed by atoms with Crippen molar-refractivity contribution in [3.05, 3.63) is 67.9 Å². The van der Waals surface area contributed by atoms with Gasteiger partial charge < -0.3 is 9.84 Å². The summed E-state index contributed by atoms with van der Waals surface area (Å²) in [6, 6.07) is 11.8. The van der Waals surface area contributed by atoms with E-state index >= 15 is 0 Å². The van der Waals surface area contributed by atoms with Crippen molar-refractivity contribution < 1.29 is 19.4 Å². The summed E-state index contributed by atoms with van der Waals surface area (Å²) in [6.45, 7) is 5.65. The third-order valence-corrected chi connectivity index (χ3v) is 9.51. The summed E-state index contributed by atoms with van der Waals surface area (Å²) in [5, 5.41) is 13.4. The molecular formula is C26H22N2O4S3. The second-order valence-corrected chi connectivity index (χ2v) is 11.7. The number of aromatic nitrogens is 1. The maximum absolute atomic E-state index is 12.6. The molecular weight excluding hydrogens is 500 g/mol. The van der Waals surface area contributed by atoms with E-state index in [-0.39, 0.29) is 0 Å². The number of ether oxygens (including phenoxy) is 1. The number of nitrogens with one attached hydrogen (secondary N) is 1. The summed E-state index contributed by atoms with van der Waals surface area (Å²) in [5.74, 6) is 5.57. The van der Waals surface area contributed by atoms with Crippen LogP contribution in [0.25, 0.3) is 9.40 Å². The van der Waals surface area contributed by atoms with Gasteiger partial charge in [0.25, 0.3) is 0 Å². The van der Waals surface area contributed by atoms with Crippen molar-refractivity contribution in [1.82, 2.24) is 4.37 Å². The lowest BCUT2D eigenvalue weighted by atomic mass is 10.1. The SMILES string of the molecule is Cc1ccccc1C(C)OC(=O)Nc1c(C)nsc1C#Cc1cc2cc(C3(C(=O)O)CC3)sc2s1. The highest BCUT2D eigenvalue weighted by Crippen LogP contribution is 2.52. The highest BCUT2D eigenvalue weighted by Gasteiger charge is 2.53. The van der Waals surface area contributed by atoms with Gasteiger partial charge in [-0.2, -0.15) is 4.37 Å². The van der Waals surface area contributed by atoms with E-state index < -0.39 is 23.6 Å². The first kappa shape index (κ1) is 23.5. The number of carboxylic acid groups (broad SMARTS) is 1. The summed E-state index contributed by atoms with van der Waals surface area (Å²) >= 11 is 4.33. The van der Waals surface area contributed by atoms with Crippen molar-refractivity contribution in [3.8, 4) is 11.8 Å². The third-order valence-electron chi connectivity index (χ3n) is 6.14. The zero-order valence-corrected chi connectivity index (χ0v) is 21.7. The monoisotopic (exact) mass is 522 g/mol. The van der Waals surface area contributed by atoms with Crippen LogP contribution in [-0.4, -0.2) is 21.5 Å². The second-order valence-electron chi connectivity index (χ2n) is 8.60. The number of fused-ring (bicyclic) bond motifs is 1. The molecule has 9 heteroatoms. The number of aryl methyl sites for hydroxylation is 2. The van der Waals surface area contributed by atoms with Crippen molar-refractivity contribution in [2.24, 2.45) is 0 Å². The highest BCUT2D eigenvalue weighted by atomic mass is 32.2. The Morgan fingerprint density at radius 3 is 2.63 bits per heavy atom. The minimum Gasteiger partial charge on any atom is -0.481 e.